The number of hydrogen-bond acceptors (Lipinski definition) is 5. The van der Waals surface area contributed by atoms with E-state index < -0.39 is 10.0 Å². The third-order valence-electron chi connectivity index (χ3n) is 2.71. The molecule has 2 N–H and O–H groups in total. The molecule has 0 saturated heterocycles. The fraction of sp³-hybridized carbons (Fsp3) is 0.583. The molecule has 0 aliphatic carbocycles. The number of thioether (sulfide) groups is 1. The van der Waals surface area contributed by atoms with Crippen molar-refractivity contribution in [2.24, 2.45) is 0 Å². The first-order valence-corrected chi connectivity index (χ1v) is 9.24. The van der Waals surface area contributed by atoms with Crippen molar-refractivity contribution in [3.05, 3.63) is 17.3 Å². The Balaban J connectivity index is 2.91. The molecule has 0 spiro atoms. The standard InChI is InChI=1S/C12H20ClN3O2S2/c1-5-14-11-10(13)6-9(7-15-11)20(17,18)16-8-12(2,3)19-4/h6-7,16H,5,8H2,1-4H3,(H,14,15). The summed E-state index contributed by atoms with van der Waals surface area (Å²) in [6, 6.07) is 1.40. The van der Waals surface area contributed by atoms with Crippen molar-refractivity contribution in [3.63, 3.8) is 0 Å². The van der Waals surface area contributed by atoms with Crippen LogP contribution in [0.15, 0.2) is 17.2 Å². The summed E-state index contributed by atoms with van der Waals surface area (Å²) in [4.78, 5) is 4.10. The fourth-order valence-electron chi connectivity index (χ4n) is 1.29. The van der Waals surface area contributed by atoms with Gasteiger partial charge in [0.05, 0.1) is 5.02 Å². The number of aromatic nitrogens is 1. The van der Waals surface area contributed by atoms with Gasteiger partial charge in [-0.3, -0.25) is 0 Å². The van der Waals surface area contributed by atoms with Gasteiger partial charge in [0.1, 0.15) is 10.7 Å². The van der Waals surface area contributed by atoms with E-state index in [9.17, 15) is 8.42 Å². The molecule has 0 atom stereocenters. The fourth-order valence-corrected chi connectivity index (χ4v) is 3.08. The quantitative estimate of drug-likeness (QED) is 0.800. The van der Waals surface area contributed by atoms with Gasteiger partial charge in [-0.2, -0.15) is 11.8 Å². The van der Waals surface area contributed by atoms with E-state index in [1.54, 1.807) is 11.8 Å². The van der Waals surface area contributed by atoms with E-state index in [-0.39, 0.29) is 9.64 Å². The summed E-state index contributed by atoms with van der Waals surface area (Å²) in [7, 11) is -3.60. The molecule has 0 fully saturated rings. The number of pyridine rings is 1. The van der Waals surface area contributed by atoms with Crippen LogP contribution in [-0.2, 0) is 10.0 Å². The zero-order valence-electron chi connectivity index (χ0n) is 12.0. The predicted molar refractivity (Wildman–Crippen MR) is 86.2 cm³/mol. The third kappa shape index (κ3) is 4.80. The summed E-state index contributed by atoms with van der Waals surface area (Å²) < 4.78 is 26.8. The highest BCUT2D eigenvalue weighted by atomic mass is 35.5. The van der Waals surface area contributed by atoms with Crippen LogP contribution in [0, 0.1) is 0 Å². The van der Waals surface area contributed by atoms with Gasteiger partial charge in [0.15, 0.2) is 0 Å². The summed E-state index contributed by atoms with van der Waals surface area (Å²) in [6.07, 6.45) is 3.25. The van der Waals surface area contributed by atoms with E-state index in [1.165, 1.54) is 12.3 Å². The Morgan fingerprint density at radius 1 is 1.45 bits per heavy atom. The highest BCUT2D eigenvalue weighted by Crippen LogP contribution is 2.24. The number of nitrogens with zero attached hydrogens (tertiary/aromatic N) is 1. The minimum absolute atomic E-state index is 0.0704. The van der Waals surface area contributed by atoms with Crippen LogP contribution < -0.4 is 10.0 Å². The number of halogens is 1. The van der Waals surface area contributed by atoms with Crippen molar-refractivity contribution in [2.45, 2.75) is 30.4 Å². The Hall–Kier alpha value is -0.500. The second kappa shape index (κ2) is 6.98. The van der Waals surface area contributed by atoms with Crippen molar-refractivity contribution in [2.75, 3.05) is 24.7 Å². The number of sulfonamides is 1. The second-order valence-electron chi connectivity index (χ2n) is 4.82. The van der Waals surface area contributed by atoms with Crippen molar-refractivity contribution in [1.82, 2.24) is 9.71 Å². The Bertz CT molecular complexity index is 562. The van der Waals surface area contributed by atoms with Crippen LogP contribution in [0.3, 0.4) is 0 Å². The average Bonchev–Trinajstić information content (AvgIpc) is 2.39. The molecule has 1 aromatic heterocycles. The molecular weight excluding hydrogens is 318 g/mol. The molecule has 1 aromatic rings. The van der Waals surface area contributed by atoms with Gasteiger partial charge in [-0.1, -0.05) is 11.6 Å². The molecule has 1 rings (SSSR count). The zero-order chi connectivity index (χ0) is 15.4. The summed E-state index contributed by atoms with van der Waals surface area (Å²) in [5.41, 5.74) is 0. The molecule has 20 heavy (non-hydrogen) atoms. The lowest BCUT2D eigenvalue weighted by atomic mass is 10.2. The van der Waals surface area contributed by atoms with Crippen molar-refractivity contribution in [3.8, 4) is 0 Å². The highest BCUT2D eigenvalue weighted by molar-refractivity contribution is 8.00. The number of anilines is 1. The first kappa shape index (κ1) is 17.6. The SMILES string of the molecule is CCNc1ncc(S(=O)(=O)NCC(C)(C)SC)cc1Cl. The van der Waals surface area contributed by atoms with E-state index in [1.807, 2.05) is 27.0 Å². The number of hydrogen-bond donors (Lipinski definition) is 2. The van der Waals surface area contributed by atoms with Crippen LogP contribution in [-0.4, -0.2) is 37.5 Å². The molecule has 0 saturated carbocycles. The summed E-state index contributed by atoms with van der Waals surface area (Å²) >= 11 is 7.61. The molecule has 0 radical (unpaired) electrons. The minimum Gasteiger partial charge on any atom is -0.369 e. The van der Waals surface area contributed by atoms with E-state index in [0.717, 1.165) is 0 Å². The first-order valence-electron chi connectivity index (χ1n) is 6.16. The van der Waals surface area contributed by atoms with Gasteiger partial charge in [0.2, 0.25) is 10.0 Å². The van der Waals surface area contributed by atoms with E-state index in [4.69, 9.17) is 11.6 Å². The lowest BCUT2D eigenvalue weighted by molar-refractivity contribution is 0.570. The van der Waals surface area contributed by atoms with Crippen LogP contribution in [0.1, 0.15) is 20.8 Å². The van der Waals surface area contributed by atoms with Crippen molar-refractivity contribution < 1.29 is 8.42 Å². The summed E-state index contributed by atoms with van der Waals surface area (Å²) in [5, 5.41) is 3.25. The molecular formula is C12H20ClN3O2S2. The monoisotopic (exact) mass is 337 g/mol. The van der Waals surface area contributed by atoms with E-state index in [2.05, 4.69) is 15.0 Å². The van der Waals surface area contributed by atoms with Crippen LogP contribution in [0.25, 0.3) is 0 Å². The Labute approximate surface area is 129 Å². The number of rotatable bonds is 7. The van der Waals surface area contributed by atoms with Crippen LogP contribution in [0.2, 0.25) is 5.02 Å². The molecule has 1 heterocycles. The first-order chi connectivity index (χ1) is 9.22. The Morgan fingerprint density at radius 3 is 2.60 bits per heavy atom. The van der Waals surface area contributed by atoms with E-state index >= 15 is 0 Å². The normalized spacial score (nSPS) is 12.4. The molecule has 0 unspecified atom stereocenters. The van der Waals surface area contributed by atoms with Gasteiger partial charge in [0.25, 0.3) is 0 Å². The van der Waals surface area contributed by atoms with Crippen LogP contribution >= 0.6 is 23.4 Å². The molecule has 0 aromatic carbocycles. The maximum Gasteiger partial charge on any atom is 0.242 e. The van der Waals surface area contributed by atoms with Crippen LogP contribution in [0.4, 0.5) is 5.82 Å². The van der Waals surface area contributed by atoms with Gasteiger partial charge < -0.3 is 5.32 Å². The smallest absolute Gasteiger partial charge is 0.242 e. The van der Waals surface area contributed by atoms with Gasteiger partial charge in [-0.25, -0.2) is 18.1 Å². The van der Waals surface area contributed by atoms with E-state index in [0.29, 0.717) is 23.9 Å². The van der Waals surface area contributed by atoms with Gasteiger partial charge in [0, 0.05) is 24.0 Å². The topological polar surface area (TPSA) is 71.1 Å². The maximum absolute atomic E-state index is 12.2. The highest BCUT2D eigenvalue weighted by Gasteiger charge is 2.22. The largest absolute Gasteiger partial charge is 0.369 e. The number of nitrogens with one attached hydrogen (secondary N) is 2. The molecule has 8 heteroatoms. The van der Waals surface area contributed by atoms with Crippen molar-refractivity contribution in [1.29, 1.82) is 0 Å². The van der Waals surface area contributed by atoms with Crippen LogP contribution in [0.5, 0.6) is 0 Å². The zero-order valence-corrected chi connectivity index (χ0v) is 14.4. The third-order valence-corrected chi connectivity index (χ3v) is 5.62. The molecule has 0 aliphatic rings. The Morgan fingerprint density at radius 2 is 2.10 bits per heavy atom. The molecule has 5 nitrogen and oxygen atoms in total. The minimum atomic E-state index is -3.60. The maximum atomic E-state index is 12.2. The predicted octanol–water partition coefficient (Wildman–Crippen LogP) is 2.59. The molecule has 0 amide bonds. The second-order valence-corrected chi connectivity index (χ2v) is 8.51. The van der Waals surface area contributed by atoms with Gasteiger partial charge >= 0.3 is 0 Å². The lowest BCUT2D eigenvalue weighted by Crippen LogP contribution is -2.36. The Kier molecular flexibility index (Phi) is 6.12. The summed E-state index contributed by atoms with van der Waals surface area (Å²) in [6.45, 7) is 6.86. The lowest BCUT2D eigenvalue weighted by Gasteiger charge is -2.22. The van der Waals surface area contributed by atoms with Gasteiger partial charge in [-0.15, -0.1) is 0 Å². The molecule has 0 aliphatic heterocycles. The molecule has 114 valence electrons. The average molecular weight is 338 g/mol. The van der Waals surface area contributed by atoms with Gasteiger partial charge in [-0.05, 0) is 33.1 Å². The summed E-state index contributed by atoms with van der Waals surface area (Å²) in [5.74, 6) is 0.484. The molecule has 0 bridgehead atoms. The van der Waals surface area contributed by atoms with Crippen molar-refractivity contribution >= 4 is 39.2 Å².